The van der Waals surface area contributed by atoms with E-state index >= 15 is 0 Å². The van der Waals surface area contributed by atoms with Crippen molar-refractivity contribution in [2.24, 2.45) is 0 Å². The Hall–Kier alpha value is -2.37. The van der Waals surface area contributed by atoms with Crippen LogP contribution in [0.25, 0.3) is 0 Å². The fraction of sp³-hybridized carbons (Fsp3) is 0.381. The molecule has 0 radical (unpaired) electrons. The highest BCUT2D eigenvalue weighted by Gasteiger charge is 2.41. The van der Waals surface area contributed by atoms with Gasteiger partial charge in [-0.2, -0.15) is 13.2 Å². The van der Waals surface area contributed by atoms with Gasteiger partial charge in [0, 0.05) is 6.54 Å². The van der Waals surface area contributed by atoms with E-state index in [4.69, 9.17) is 0 Å². The molecule has 2 aromatic rings. The van der Waals surface area contributed by atoms with Gasteiger partial charge in [0.25, 0.3) is 0 Å². The van der Waals surface area contributed by atoms with Crippen LogP contribution in [0.2, 0.25) is 0 Å². The number of carbonyl (C=O) groups excluding carboxylic acids is 1. The summed E-state index contributed by atoms with van der Waals surface area (Å²) >= 11 is 0. The molecule has 2 nitrogen and oxygen atoms in total. The predicted octanol–water partition coefficient (Wildman–Crippen LogP) is 5.36. The molecule has 1 aliphatic carbocycles. The summed E-state index contributed by atoms with van der Waals surface area (Å²) in [5.74, 6) is -0.583. The lowest BCUT2D eigenvalue weighted by Gasteiger charge is -2.36. The van der Waals surface area contributed by atoms with Crippen LogP contribution in [0.3, 0.4) is 0 Å². The number of amides is 1. The number of benzene rings is 2. The molecule has 1 aliphatic rings. The molecule has 0 saturated heterocycles. The highest BCUT2D eigenvalue weighted by atomic mass is 19.4. The Morgan fingerprint density at radius 3 is 2.26 bits per heavy atom. The van der Waals surface area contributed by atoms with Gasteiger partial charge >= 0.3 is 6.18 Å². The van der Waals surface area contributed by atoms with Crippen molar-refractivity contribution < 1.29 is 22.4 Å². The van der Waals surface area contributed by atoms with Crippen molar-refractivity contribution in [3.05, 3.63) is 71.0 Å². The molecule has 0 unspecified atom stereocenters. The largest absolute Gasteiger partial charge is 0.416 e. The minimum atomic E-state index is -4.38. The Balaban J connectivity index is 1.75. The molecule has 3 rings (SSSR count). The molecule has 1 amide bonds. The van der Waals surface area contributed by atoms with Crippen LogP contribution in [0.15, 0.2) is 48.5 Å². The number of hydrogen-bond donors (Lipinski definition) is 1. The average Bonchev–Trinajstić information content (AvgIpc) is 2.66. The fourth-order valence-corrected chi connectivity index (χ4v) is 3.75. The van der Waals surface area contributed by atoms with Gasteiger partial charge in [0.1, 0.15) is 5.82 Å². The molecule has 1 saturated carbocycles. The van der Waals surface area contributed by atoms with Crippen molar-refractivity contribution in [3.63, 3.8) is 0 Å². The van der Waals surface area contributed by atoms with Crippen LogP contribution < -0.4 is 5.32 Å². The van der Waals surface area contributed by atoms with Crippen molar-refractivity contribution in [2.45, 2.75) is 50.2 Å². The lowest BCUT2D eigenvalue weighted by molar-refractivity contribution is -0.137. The number of hydrogen-bond acceptors (Lipinski definition) is 1. The molecule has 0 atom stereocenters. The maximum absolute atomic E-state index is 13.7. The van der Waals surface area contributed by atoms with Gasteiger partial charge in [0.05, 0.1) is 11.0 Å². The minimum Gasteiger partial charge on any atom is -0.351 e. The maximum atomic E-state index is 13.7. The second-order valence-corrected chi connectivity index (χ2v) is 7.03. The molecule has 0 heterocycles. The summed E-state index contributed by atoms with van der Waals surface area (Å²) in [4.78, 5) is 13.0. The molecule has 27 heavy (non-hydrogen) atoms. The number of alkyl halides is 3. The Morgan fingerprint density at radius 1 is 1.00 bits per heavy atom. The van der Waals surface area contributed by atoms with E-state index in [-0.39, 0.29) is 18.3 Å². The standard InChI is InChI=1S/C21H21F4NO/c22-18-6-4-5-17(13-18)20(11-2-1-3-12-20)19(27)26-14-15-7-9-16(10-8-15)21(23,24)25/h4-10,13H,1-3,11-12,14H2,(H,26,27). The molecule has 1 fully saturated rings. The maximum Gasteiger partial charge on any atom is 0.416 e. The van der Waals surface area contributed by atoms with Crippen LogP contribution in [-0.4, -0.2) is 5.91 Å². The highest BCUT2D eigenvalue weighted by molar-refractivity contribution is 5.88. The number of halogens is 4. The molecule has 0 aromatic heterocycles. The topological polar surface area (TPSA) is 29.1 Å². The summed E-state index contributed by atoms with van der Waals surface area (Å²) in [5, 5.41) is 2.84. The first-order chi connectivity index (χ1) is 12.8. The highest BCUT2D eigenvalue weighted by Crippen LogP contribution is 2.40. The Bertz CT molecular complexity index is 793. The van der Waals surface area contributed by atoms with Crippen LogP contribution in [0.1, 0.15) is 48.8 Å². The van der Waals surface area contributed by atoms with Crippen LogP contribution in [-0.2, 0) is 22.9 Å². The first-order valence-electron chi connectivity index (χ1n) is 9.02. The van der Waals surface area contributed by atoms with E-state index in [9.17, 15) is 22.4 Å². The smallest absolute Gasteiger partial charge is 0.351 e. The number of nitrogens with one attached hydrogen (secondary N) is 1. The lowest BCUT2D eigenvalue weighted by atomic mass is 9.68. The van der Waals surface area contributed by atoms with Crippen molar-refractivity contribution in [3.8, 4) is 0 Å². The molecule has 144 valence electrons. The zero-order chi connectivity index (χ0) is 19.5. The van der Waals surface area contributed by atoms with E-state index in [1.807, 2.05) is 0 Å². The van der Waals surface area contributed by atoms with E-state index in [1.165, 1.54) is 24.3 Å². The van der Waals surface area contributed by atoms with Gasteiger partial charge in [-0.15, -0.1) is 0 Å². The number of rotatable bonds is 4. The van der Waals surface area contributed by atoms with E-state index < -0.39 is 17.2 Å². The third-order valence-corrected chi connectivity index (χ3v) is 5.25. The van der Waals surface area contributed by atoms with Crippen molar-refractivity contribution in [1.82, 2.24) is 5.32 Å². The Morgan fingerprint density at radius 2 is 1.67 bits per heavy atom. The molecule has 1 N–H and O–H groups in total. The normalized spacial score (nSPS) is 16.7. The monoisotopic (exact) mass is 379 g/mol. The summed E-state index contributed by atoms with van der Waals surface area (Å²) in [6, 6.07) is 10.9. The zero-order valence-electron chi connectivity index (χ0n) is 14.8. The van der Waals surface area contributed by atoms with Crippen molar-refractivity contribution >= 4 is 5.91 Å². The fourth-order valence-electron chi connectivity index (χ4n) is 3.75. The molecule has 6 heteroatoms. The van der Waals surface area contributed by atoms with E-state index in [2.05, 4.69) is 5.32 Å². The lowest BCUT2D eigenvalue weighted by Crippen LogP contribution is -2.45. The molecule has 2 aromatic carbocycles. The first-order valence-corrected chi connectivity index (χ1v) is 9.02. The molecule has 0 aliphatic heterocycles. The summed E-state index contributed by atoms with van der Waals surface area (Å²) in [7, 11) is 0. The summed E-state index contributed by atoms with van der Waals surface area (Å²) in [6.45, 7) is 0.133. The quantitative estimate of drug-likeness (QED) is 0.712. The Labute approximate surface area is 155 Å². The third-order valence-electron chi connectivity index (χ3n) is 5.25. The van der Waals surface area contributed by atoms with Crippen LogP contribution in [0, 0.1) is 5.82 Å². The Kier molecular flexibility index (Phi) is 5.53. The third kappa shape index (κ3) is 4.31. The van der Waals surface area contributed by atoms with Gasteiger partial charge < -0.3 is 5.32 Å². The van der Waals surface area contributed by atoms with Crippen molar-refractivity contribution in [1.29, 1.82) is 0 Å². The number of carbonyl (C=O) groups is 1. The zero-order valence-corrected chi connectivity index (χ0v) is 14.8. The van der Waals surface area contributed by atoms with E-state index in [0.717, 1.165) is 31.4 Å². The van der Waals surface area contributed by atoms with Gasteiger partial charge in [-0.05, 0) is 48.2 Å². The summed E-state index contributed by atoms with van der Waals surface area (Å²) < 4.78 is 51.7. The summed E-state index contributed by atoms with van der Waals surface area (Å²) in [6.07, 6.45) is -0.326. The van der Waals surface area contributed by atoms with E-state index in [1.54, 1.807) is 12.1 Å². The predicted molar refractivity (Wildman–Crippen MR) is 94.5 cm³/mol. The molecule has 0 bridgehead atoms. The minimum absolute atomic E-state index is 0.133. The SMILES string of the molecule is O=C(NCc1ccc(C(F)(F)F)cc1)C1(c2cccc(F)c2)CCCCC1. The summed E-state index contributed by atoms with van der Waals surface area (Å²) in [5.41, 5.74) is -0.263. The van der Waals surface area contributed by atoms with Gasteiger partial charge in [0.2, 0.25) is 5.91 Å². The average molecular weight is 379 g/mol. The molecule has 0 spiro atoms. The van der Waals surface area contributed by atoms with Crippen molar-refractivity contribution in [2.75, 3.05) is 0 Å². The van der Waals surface area contributed by atoms with E-state index in [0.29, 0.717) is 24.0 Å². The van der Waals surface area contributed by atoms with Crippen LogP contribution in [0.5, 0.6) is 0 Å². The van der Waals surface area contributed by atoms with Gasteiger partial charge in [-0.3, -0.25) is 4.79 Å². The van der Waals surface area contributed by atoms with Crippen LogP contribution in [0.4, 0.5) is 17.6 Å². The first kappa shape index (κ1) is 19.4. The van der Waals surface area contributed by atoms with Crippen LogP contribution >= 0.6 is 0 Å². The molecular formula is C21H21F4NO. The second kappa shape index (κ2) is 7.71. The molecular weight excluding hydrogens is 358 g/mol. The van der Waals surface area contributed by atoms with Gasteiger partial charge in [0.15, 0.2) is 0 Å². The second-order valence-electron chi connectivity index (χ2n) is 7.03. The van der Waals surface area contributed by atoms with Gasteiger partial charge in [-0.1, -0.05) is 43.5 Å². The van der Waals surface area contributed by atoms with Gasteiger partial charge in [-0.25, -0.2) is 4.39 Å².